The van der Waals surface area contributed by atoms with Crippen LogP contribution in [-0.4, -0.2) is 31.3 Å². The van der Waals surface area contributed by atoms with Gasteiger partial charge in [0, 0.05) is 6.54 Å². The Labute approximate surface area is 170 Å². The number of carbonyl (C=O) groups is 1. The molecule has 29 heavy (non-hydrogen) atoms. The molecule has 0 aliphatic carbocycles. The van der Waals surface area contributed by atoms with Crippen LogP contribution in [0.1, 0.15) is 11.1 Å². The smallest absolute Gasteiger partial charge is 0.321 e. The molecule has 0 spiro atoms. The first-order valence-corrected chi connectivity index (χ1v) is 9.42. The number of hydrogen-bond acceptors (Lipinski definition) is 4. The van der Waals surface area contributed by atoms with E-state index in [1.165, 1.54) is 0 Å². The summed E-state index contributed by atoms with van der Waals surface area (Å²) < 4.78 is 10.9. The van der Waals surface area contributed by atoms with E-state index in [9.17, 15) is 9.90 Å². The minimum atomic E-state index is -0.864. The fourth-order valence-corrected chi connectivity index (χ4v) is 3.26. The fourth-order valence-electron chi connectivity index (χ4n) is 3.26. The van der Waals surface area contributed by atoms with Crippen LogP contribution in [-0.2, 0) is 17.8 Å². The second kappa shape index (κ2) is 9.75. The van der Waals surface area contributed by atoms with Crippen LogP contribution in [0.2, 0.25) is 0 Å². The quantitative estimate of drug-likeness (QED) is 0.573. The number of ether oxygens (including phenoxy) is 2. The van der Waals surface area contributed by atoms with E-state index in [4.69, 9.17) is 9.47 Å². The lowest BCUT2D eigenvalue weighted by atomic mass is 9.99. The molecule has 0 aromatic heterocycles. The molecule has 0 aliphatic rings. The summed E-state index contributed by atoms with van der Waals surface area (Å²) in [5, 5.41) is 12.7. The maximum absolute atomic E-state index is 11.7. The Bertz CT molecular complexity index is 917. The minimum Gasteiger partial charge on any atom is -0.496 e. The van der Waals surface area contributed by atoms with Crippen LogP contribution in [0.5, 0.6) is 11.5 Å². The second-order valence-corrected chi connectivity index (χ2v) is 6.70. The molecule has 0 aliphatic heterocycles. The summed E-state index contributed by atoms with van der Waals surface area (Å²) >= 11 is 0. The molecule has 150 valence electrons. The van der Waals surface area contributed by atoms with E-state index in [1.54, 1.807) is 14.2 Å². The summed E-state index contributed by atoms with van der Waals surface area (Å²) in [5.74, 6) is 0.589. The van der Waals surface area contributed by atoms with Crippen LogP contribution in [0.4, 0.5) is 0 Å². The largest absolute Gasteiger partial charge is 0.496 e. The Morgan fingerprint density at radius 1 is 0.862 bits per heavy atom. The molecular formula is C24H25NO4. The normalized spacial score (nSPS) is 11.7. The maximum Gasteiger partial charge on any atom is 0.321 e. The van der Waals surface area contributed by atoms with Crippen molar-refractivity contribution >= 4 is 5.97 Å². The molecule has 0 unspecified atom stereocenters. The molecule has 5 nitrogen and oxygen atoms in total. The van der Waals surface area contributed by atoms with Gasteiger partial charge in [-0.25, -0.2) is 0 Å². The van der Waals surface area contributed by atoms with E-state index in [2.05, 4.69) is 5.32 Å². The summed E-state index contributed by atoms with van der Waals surface area (Å²) in [6.45, 7) is 0.508. The van der Waals surface area contributed by atoms with Crippen molar-refractivity contribution in [1.82, 2.24) is 5.32 Å². The number of aliphatic carboxylic acids is 1. The first-order valence-electron chi connectivity index (χ1n) is 9.42. The molecule has 0 heterocycles. The average Bonchev–Trinajstić information content (AvgIpc) is 2.77. The molecule has 0 saturated heterocycles. The Morgan fingerprint density at radius 2 is 1.48 bits per heavy atom. The summed E-state index contributed by atoms with van der Waals surface area (Å²) in [6.07, 6.45) is 0.394. The Kier molecular flexibility index (Phi) is 6.87. The molecule has 5 heteroatoms. The molecule has 0 saturated carbocycles. The molecule has 3 rings (SSSR count). The number of carboxylic acids is 1. The molecule has 3 aromatic rings. The van der Waals surface area contributed by atoms with Crippen molar-refractivity contribution in [2.75, 3.05) is 14.2 Å². The van der Waals surface area contributed by atoms with Crippen molar-refractivity contribution in [2.45, 2.75) is 19.0 Å². The average molecular weight is 391 g/mol. The topological polar surface area (TPSA) is 67.8 Å². The highest BCUT2D eigenvalue weighted by Gasteiger charge is 2.18. The highest BCUT2D eigenvalue weighted by Crippen LogP contribution is 2.38. The van der Waals surface area contributed by atoms with E-state index in [0.717, 1.165) is 33.8 Å². The van der Waals surface area contributed by atoms with Crippen LogP contribution < -0.4 is 14.8 Å². The third-order valence-corrected chi connectivity index (χ3v) is 4.80. The second-order valence-electron chi connectivity index (χ2n) is 6.70. The Morgan fingerprint density at radius 3 is 2.03 bits per heavy atom. The van der Waals surface area contributed by atoms with Crippen LogP contribution in [0.3, 0.4) is 0 Å². The van der Waals surface area contributed by atoms with Gasteiger partial charge in [-0.15, -0.1) is 0 Å². The third kappa shape index (κ3) is 5.15. The van der Waals surface area contributed by atoms with Crippen molar-refractivity contribution in [3.63, 3.8) is 0 Å². The van der Waals surface area contributed by atoms with Crippen molar-refractivity contribution < 1.29 is 19.4 Å². The van der Waals surface area contributed by atoms with Gasteiger partial charge in [0.1, 0.15) is 17.5 Å². The monoisotopic (exact) mass is 391 g/mol. The summed E-state index contributed by atoms with van der Waals surface area (Å²) in [7, 11) is 3.25. The van der Waals surface area contributed by atoms with E-state index in [-0.39, 0.29) is 0 Å². The van der Waals surface area contributed by atoms with Gasteiger partial charge in [0.25, 0.3) is 0 Å². The highest BCUT2D eigenvalue weighted by molar-refractivity contribution is 5.77. The standard InChI is InChI=1S/C24H25NO4/c1-28-21-9-6-10-22(29-2)23(21)19-13-11-17(12-14-19)15-20(24(26)27)25-16-18-7-4-3-5-8-18/h3-14,20,25H,15-16H2,1-2H3,(H,26,27)/t20-/m0/s1. The van der Waals surface area contributed by atoms with Gasteiger partial charge in [0.2, 0.25) is 0 Å². The predicted molar refractivity (Wildman–Crippen MR) is 113 cm³/mol. The van der Waals surface area contributed by atoms with E-state index >= 15 is 0 Å². The third-order valence-electron chi connectivity index (χ3n) is 4.80. The van der Waals surface area contributed by atoms with Crippen LogP contribution in [0.25, 0.3) is 11.1 Å². The van der Waals surface area contributed by atoms with E-state index in [0.29, 0.717) is 13.0 Å². The minimum absolute atomic E-state index is 0.394. The number of rotatable bonds is 9. The van der Waals surface area contributed by atoms with Gasteiger partial charge in [0.15, 0.2) is 0 Å². The maximum atomic E-state index is 11.7. The molecule has 0 bridgehead atoms. The highest BCUT2D eigenvalue weighted by atomic mass is 16.5. The lowest BCUT2D eigenvalue weighted by molar-refractivity contribution is -0.139. The molecule has 0 fully saturated rings. The van der Waals surface area contributed by atoms with Gasteiger partial charge < -0.3 is 19.9 Å². The fraction of sp³-hybridized carbons (Fsp3) is 0.208. The molecule has 0 amide bonds. The molecule has 1 atom stereocenters. The van der Waals surface area contributed by atoms with Crippen LogP contribution in [0, 0.1) is 0 Å². The van der Waals surface area contributed by atoms with E-state index < -0.39 is 12.0 Å². The Hall–Kier alpha value is -3.31. The molecular weight excluding hydrogens is 366 g/mol. The first kappa shape index (κ1) is 20.4. The van der Waals surface area contributed by atoms with Crippen molar-refractivity contribution in [3.05, 3.63) is 83.9 Å². The van der Waals surface area contributed by atoms with E-state index in [1.807, 2.05) is 72.8 Å². The summed E-state index contributed by atoms with van der Waals surface area (Å²) in [5.41, 5.74) is 3.82. The predicted octanol–water partition coefficient (Wildman–Crippen LogP) is 4.16. The van der Waals surface area contributed by atoms with Gasteiger partial charge in [-0.05, 0) is 35.2 Å². The SMILES string of the molecule is COc1cccc(OC)c1-c1ccc(C[C@H](NCc2ccccc2)C(=O)O)cc1. The zero-order valence-corrected chi connectivity index (χ0v) is 16.6. The summed E-state index contributed by atoms with van der Waals surface area (Å²) in [6, 6.07) is 22.6. The number of hydrogen-bond donors (Lipinski definition) is 2. The summed E-state index contributed by atoms with van der Waals surface area (Å²) in [4.78, 5) is 11.7. The van der Waals surface area contributed by atoms with Gasteiger partial charge in [-0.1, -0.05) is 60.7 Å². The van der Waals surface area contributed by atoms with Crippen molar-refractivity contribution in [1.29, 1.82) is 0 Å². The van der Waals surface area contributed by atoms with Gasteiger partial charge in [0.05, 0.1) is 19.8 Å². The van der Waals surface area contributed by atoms with Gasteiger partial charge in [-0.2, -0.15) is 0 Å². The van der Waals surface area contributed by atoms with Crippen molar-refractivity contribution in [3.8, 4) is 22.6 Å². The molecule has 2 N–H and O–H groups in total. The van der Waals surface area contributed by atoms with Gasteiger partial charge >= 0.3 is 5.97 Å². The van der Waals surface area contributed by atoms with Crippen molar-refractivity contribution in [2.24, 2.45) is 0 Å². The lowest BCUT2D eigenvalue weighted by Gasteiger charge is -2.16. The lowest BCUT2D eigenvalue weighted by Crippen LogP contribution is -2.38. The zero-order valence-electron chi connectivity index (χ0n) is 16.6. The van der Waals surface area contributed by atoms with Crippen LogP contribution in [0.15, 0.2) is 72.8 Å². The molecule has 0 radical (unpaired) electrons. The Balaban J connectivity index is 1.75. The number of benzene rings is 3. The number of carboxylic acid groups (broad SMARTS) is 1. The number of nitrogens with one attached hydrogen (secondary N) is 1. The number of methoxy groups -OCH3 is 2. The van der Waals surface area contributed by atoms with Crippen LogP contribution >= 0.6 is 0 Å². The zero-order chi connectivity index (χ0) is 20.6. The molecule has 3 aromatic carbocycles. The van der Waals surface area contributed by atoms with Gasteiger partial charge in [-0.3, -0.25) is 4.79 Å². The first-order chi connectivity index (χ1) is 14.1.